The first-order valence-electron chi connectivity index (χ1n) is 7.95. The average molecular weight is 391 g/mol. The highest BCUT2D eigenvalue weighted by Gasteiger charge is 2.10. The molecule has 0 saturated heterocycles. The summed E-state index contributed by atoms with van der Waals surface area (Å²) >= 11 is 3.54. The van der Waals surface area contributed by atoms with Gasteiger partial charge >= 0.3 is 0 Å². The van der Waals surface area contributed by atoms with Crippen LogP contribution in [0.4, 0.5) is 5.95 Å². The highest BCUT2D eigenvalue weighted by Crippen LogP contribution is 2.29. The molecule has 4 nitrogen and oxygen atoms in total. The third kappa shape index (κ3) is 3.51. The first-order chi connectivity index (χ1) is 12.3. The van der Waals surface area contributed by atoms with Gasteiger partial charge in [0.1, 0.15) is 0 Å². The van der Waals surface area contributed by atoms with E-state index in [4.69, 9.17) is 4.98 Å². The van der Waals surface area contributed by atoms with Crippen LogP contribution in [-0.4, -0.2) is 15.0 Å². The zero-order valence-corrected chi connectivity index (χ0v) is 14.9. The molecule has 0 unspecified atom stereocenters. The Bertz CT molecular complexity index is 1000. The summed E-state index contributed by atoms with van der Waals surface area (Å²) in [5.41, 5.74) is 4.04. The van der Waals surface area contributed by atoms with Crippen LogP contribution in [0, 0.1) is 0 Å². The molecule has 2 heterocycles. The minimum atomic E-state index is 0.616. The lowest BCUT2D eigenvalue weighted by Gasteiger charge is -2.11. The predicted octanol–water partition coefficient (Wildman–Crippen LogP) is 5.07. The Kier molecular flexibility index (Phi) is 4.39. The topological polar surface area (TPSA) is 50.7 Å². The molecule has 25 heavy (non-hydrogen) atoms. The Morgan fingerprint density at radius 3 is 2.48 bits per heavy atom. The first-order valence-corrected chi connectivity index (χ1v) is 8.74. The fourth-order valence-electron chi connectivity index (χ4n) is 2.68. The van der Waals surface area contributed by atoms with Gasteiger partial charge in [-0.1, -0.05) is 46.3 Å². The van der Waals surface area contributed by atoms with Gasteiger partial charge in [0.2, 0.25) is 5.95 Å². The Balaban J connectivity index is 1.77. The minimum absolute atomic E-state index is 0.616. The van der Waals surface area contributed by atoms with Crippen molar-refractivity contribution in [3.8, 4) is 11.3 Å². The molecule has 0 aliphatic rings. The van der Waals surface area contributed by atoms with Gasteiger partial charge in [-0.2, -0.15) is 0 Å². The molecule has 0 radical (unpaired) electrons. The maximum absolute atomic E-state index is 4.77. The highest BCUT2D eigenvalue weighted by atomic mass is 79.9. The molecule has 0 fully saturated rings. The molecule has 0 aliphatic heterocycles. The highest BCUT2D eigenvalue weighted by molar-refractivity contribution is 9.10. The third-order valence-electron chi connectivity index (χ3n) is 3.90. The number of nitrogens with zero attached hydrogens (tertiary/aromatic N) is 3. The van der Waals surface area contributed by atoms with E-state index in [1.54, 1.807) is 12.4 Å². The molecule has 4 rings (SSSR count). The summed E-state index contributed by atoms with van der Waals surface area (Å²) in [6.07, 6.45) is 3.57. The predicted molar refractivity (Wildman–Crippen MR) is 104 cm³/mol. The summed E-state index contributed by atoms with van der Waals surface area (Å²) in [6.45, 7) is 0.652. The molecule has 0 amide bonds. The van der Waals surface area contributed by atoms with Crippen molar-refractivity contribution >= 4 is 32.8 Å². The zero-order valence-electron chi connectivity index (χ0n) is 13.4. The third-order valence-corrected chi connectivity index (χ3v) is 4.40. The fourth-order valence-corrected chi connectivity index (χ4v) is 3.04. The Morgan fingerprint density at radius 1 is 0.880 bits per heavy atom. The number of pyridine rings is 1. The van der Waals surface area contributed by atoms with E-state index in [0.29, 0.717) is 12.5 Å². The number of hydrogen-bond acceptors (Lipinski definition) is 4. The second-order valence-corrected chi connectivity index (χ2v) is 6.55. The standard InChI is InChI=1S/C20H15BrN4/c21-16-6-7-18-17(12-16)19(15-4-2-1-3-5-15)25-20(24-18)23-13-14-8-10-22-11-9-14/h1-12H,13H2,(H,23,24,25). The summed E-state index contributed by atoms with van der Waals surface area (Å²) in [5.74, 6) is 0.616. The van der Waals surface area contributed by atoms with Crippen LogP contribution in [0.15, 0.2) is 77.5 Å². The fraction of sp³-hybridized carbons (Fsp3) is 0.0500. The minimum Gasteiger partial charge on any atom is -0.350 e. The van der Waals surface area contributed by atoms with Gasteiger partial charge in [0.15, 0.2) is 0 Å². The molecule has 0 saturated carbocycles. The number of hydrogen-bond donors (Lipinski definition) is 1. The number of fused-ring (bicyclic) bond motifs is 1. The molecular weight excluding hydrogens is 376 g/mol. The molecule has 0 spiro atoms. The van der Waals surface area contributed by atoms with Crippen molar-refractivity contribution in [2.24, 2.45) is 0 Å². The van der Waals surface area contributed by atoms with E-state index in [9.17, 15) is 0 Å². The molecule has 0 aliphatic carbocycles. The van der Waals surface area contributed by atoms with E-state index < -0.39 is 0 Å². The van der Waals surface area contributed by atoms with Crippen LogP contribution in [0.3, 0.4) is 0 Å². The van der Waals surface area contributed by atoms with Crippen LogP contribution in [0.2, 0.25) is 0 Å². The van der Waals surface area contributed by atoms with E-state index in [1.165, 1.54) is 0 Å². The Hall–Kier alpha value is -2.79. The van der Waals surface area contributed by atoms with E-state index >= 15 is 0 Å². The number of halogens is 1. The van der Waals surface area contributed by atoms with Crippen molar-refractivity contribution < 1.29 is 0 Å². The van der Waals surface area contributed by atoms with E-state index in [-0.39, 0.29) is 0 Å². The summed E-state index contributed by atoms with van der Waals surface area (Å²) in [5, 5.41) is 4.34. The van der Waals surface area contributed by atoms with Gasteiger partial charge in [-0.3, -0.25) is 4.98 Å². The molecule has 1 N–H and O–H groups in total. The zero-order chi connectivity index (χ0) is 17.1. The van der Waals surface area contributed by atoms with Gasteiger partial charge in [0.25, 0.3) is 0 Å². The largest absolute Gasteiger partial charge is 0.350 e. The van der Waals surface area contributed by atoms with E-state index in [1.807, 2.05) is 42.5 Å². The number of aromatic nitrogens is 3. The lowest BCUT2D eigenvalue weighted by molar-refractivity contribution is 1.06. The smallest absolute Gasteiger partial charge is 0.224 e. The van der Waals surface area contributed by atoms with Gasteiger partial charge in [0, 0.05) is 34.4 Å². The van der Waals surface area contributed by atoms with Gasteiger partial charge in [-0.05, 0) is 35.9 Å². The summed E-state index contributed by atoms with van der Waals surface area (Å²) < 4.78 is 1.01. The lowest BCUT2D eigenvalue weighted by atomic mass is 10.1. The summed E-state index contributed by atoms with van der Waals surface area (Å²) in [6, 6.07) is 20.2. The van der Waals surface area contributed by atoms with Crippen molar-refractivity contribution in [3.05, 3.63) is 83.1 Å². The van der Waals surface area contributed by atoms with Gasteiger partial charge in [-0.15, -0.1) is 0 Å². The maximum Gasteiger partial charge on any atom is 0.224 e. The summed E-state index contributed by atoms with van der Waals surface area (Å²) in [4.78, 5) is 13.5. The summed E-state index contributed by atoms with van der Waals surface area (Å²) in [7, 11) is 0. The quantitative estimate of drug-likeness (QED) is 0.528. The van der Waals surface area contributed by atoms with E-state index in [2.05, 4.69) is 49.4 Å². The molecule has 2 aromatic carbocycles. The molecule has 2 aromatic heterocycles. The van der Waals surface area contributed by atoms with Crippen molar-refractivity contribution in [1.29, 1.82) is 0 Å². The number of rotatable bonds is 4. The SMILES string of the molecule is Brc1ccc2nc(NCc3ccncc3)nc(-c3ccccc3)c2c1. The van der Waals surface area contributed by atoms with Gasteiger partial charge in [-0.25, -0.2) is 9.97 Å². The van der Waals surface area contributed by atoms with Crippen LogP contribution in [0.25, 0.3) is 22.2 Å². The normalized spacial score (nSPS) is 10.8. The van der Waals surface area contributed by atoms with Crippen LogP contribution >= 0.6 is 15.9 Å². The van der Waals surface area contributed by atoms with Gasteiger partial charge < -0.3 is 5.32 Å². The number of benzene rings is 2. The molecule has 5 heteroatoms. The van der Waals surface area contributed by atoms with Crippen LogP contribution in [-0.2, 0) is 6.54 Å². The van der Waals surface area contributed by atoms with Gasteiger partial charge in [0.05, 0.1) is 11.2 Å². The number of nitrogens with one attached hydrogen (secondary N) is 1. The van der Waals surface area contributed by atoms with Crippen molar-refractivity contribution in [3.63, 3.8) is 0 Å². The monoisotopic (exact) mass is 390 g/mol. The van der Waals surface area contributed by atoms with Crippen molar-refractivity contribution in [2.75, 3.05) is 5.32 Å². The Labute approximate surface area is 154 Å². The Morgan fingerprint density at radius 2 is 1.68 bits per heavy atom. The molecule has 0 bridgehead atoms. The van der Waals surface area contributed by atoms with Crippen LogP contribution < -0.4 is 5.32 Å². The second kappa shape index (κ2) is 6.99. The first kappa shape index (κ1) is 15.7. The van der Waals surface area contributed by atoms with Crippen LogP contribution in [0.1, 0.15) is 5.56 Å². The number of anilines is 1. The average Bonchev–Trinajstić information content (AvgIpc) is 2.67. The molecular formula is C20H15BrN4. The van der Waals surface area contributed by atoms with Crippen molar-refractivity contribution in [2.45, 2.75) is 6.54 Å². The maximum atomic E-state index is 4.77. The van der Waals surface area contributed by atoms with Crippen LogP contribution in [0.5, 0.6) is 0 Å². The van der Waals surface area contributed by atoms with E-state index in [0.717, 1.165) is 32.2 Å². The second-order valence-electron chi connectivity index (χ2n) is 5.63. The lowest BCUT2D eigenvalue weighted by Crippen LogP contribution is -2.05. The molecule has 122 valence electrons. The molecule has 4 aromatic rings. The molecule has 0 atom stereocenters. The van der Waals surface area contributed by atoms with Crippen molar-refractivity contribution in [1.82, 2.24) is 15.0 Å².